The maximum absolute atomic E-state index is 11.0. The maximum atomic E-state index is 11.0. The number of para-hydroxylation sites is 1. The number of fused-ring (bicyclic) bond motifs is 4. The first-order valence-corrected chi connectivity index (χ1v) is 10.1. The Morgan fingerprint density at radius 3 is 2.67 bits per heavy atom. The molecule has 0 fully saturated rings. The van der Waals surface area contributed by atoms with Crippen molar-refractivity contribution in [3.63, 3.8) is 0 Å². The number of aliphatic hydroxyl groups excluding tert-OH is 2. The summed E-state index contributed by atoms with van der Waals surface area (Å²) in [6.45, 7) is 5.77. The highest BCUT2D eigenvalue weighted by atomic mass is 16.5. The van der Waals surface area contributed by atoms with E-state index in [9.17, 15) is 15.3 Å². The lowest BCUT2D eigenvalue weighted by molar-refractivity contribution is -0.0542. The zero-order valence-corrected chi connectivity index (χ0v) is 17.4. The molecule has 0 saturated carbocycles. The number of aromatic hydroxyl groups is 1. The number of pyridine rings is 1. The highest BCUT2D eigenvalue weighted by Crippen LogP contribution is 2.56. The summed E-state index contributed by atoms with van der Waals surface area (Å²) in [5.41, 5.74) is 2.27. The number of hydrogen-bond acceptors (Lipinski definition) is 6. The fraction of sp³-hybridized carbons (Fsp3) is 0.375. The minimum absolute atomic E-state index is 0.0172. The summed E-state index contributed by atoms with van der Waals surface area (Å²) >= 11 is 0. The van der Waals surface area contributed by atoms with Gasteiger partial charge in [-0.3, -0.25) is 0 Å². The Morgan fingerprint density at radius 1 is 1.20 bits per heavy atom. The van der Waals surface area contributed by atoms with Crippen molar-refractivity contribution < 1.29 is 24.8 Å². The van der Waals surface area contributed by atoms with Crippen LogP contribution in [0.2, 0.25) is 0 Å². The van der Waals surface area contributed by atoms with Crippen molar-refractivity contribution in [2.75, 3.05) is 7.11 Å². The second-order valence-electron chi connectivity index (χ2n) is 8.96. The van der Waals surface area contributed by atoms with Crippen LogP contribution < -0.4 is 9.47 Å². The van der Waals surface area contributed by atoms with E-state index >= 15 is 0 Å². The number of methoxy groups -OCH3 is 1. The van der Waals surface area contributed by atoms with Crippen LogP contribution in [0, 0.1) is 5.41 Å². The zero-order valence-electron chi connectivity index (χ0n) is 17.4. The zero-order chi connectivity index (χ0) is 21.4. The van der Waals surface area contributed by atoms with Crippen molar-refractivity contribution in [3.05, 3.63) is 47.2 Å². The summed E-state index contributed by atoms with van der Waals surface area (Å²) in [7, 11) is 1.50. The van der Waals surface area contributed by atoms with Gasteiger partial charge in [0.15, 0.2) is 11.5 Å². The van der Waals surface area contributed by atoms with E-state index in [-0.39, 0.29) is 17.4 Å². The first-order chi connectivity index (χ1) is 14.2. The first kappa shape index (κ1) is 19.2. The molecule has 1 aliphatic heterocycles. The molecular formula is C24H25NO5. The Balaban J connectivity index is 1.83. The molecule has 3 N–H and O–H groups in total. The van der Waals surface area contributed by atoms with Gasteiger partial charge in [-0.1, -0.05) is 39.0 Å². The van der Waals surface area contributed by atoms with Crippen LogP contribution >= 0.6 is 0 Å². The predicted molar refractivity (Wildman–Crippen MR) is 114 cm³/mol. The molecular weight excluding hydrogens is 382 g/mol. The van der Waals surface area contributed by atoms with Crippen molar-refractivity contribution >= 4 is 21.8 Å². The SMILES string of the molecule is COc1c2c(c3nc4ccccc4cc3c1O)C(C)C1=C(CC(C)(C)[C@@H](O)[C@H]1O)O2. The number of aliphatic hydroxyl groups is 2. The number of allylic oxidation sites excluding steroid dienone is 1. The number of nitrogens with zero attached hydrogens (tertiary/aromatic N) is 1. The monoisotopic (exact) mass is 407 g/mol. The Bertz CT molecular complexity index is 1230. The number of hydrogen-bond donors (Lipinski definition) is 3. The highest BCUT2D eigenvalue weighted by molar-refractivity contribution is 6.01. The fourth-order valence-corrected chi connectivity index (χ4v) is 4.91. The van der Waals surface area contributed by atoms with E-state index in [1.807, 2.05) is 51.1 Å². The van der Waals surface area contributed by atoms with Gasteiger partial charge in [-0.25, -0.2) is 4.98 Å². The summed E-state index contributed by atoms with van der Waals surface area (Å²) in [4.78, 5) is 4.83. The van der Waals surface area contributed by atoms with Crippen LogP contribution in [0.4, 0.5) is 0 Å². The first-order valence-electron chi connectivity index (χ1n) is 10.1. The van der Waals surface area contributed by atoms with Gasteiger partial charge in [0.2, 0.25) is 5.75 Å². The van der Waals surface area contributed by atoms with Crippen molar-refractivity contribution in [1.82, 2.24) is 4.98 Å². The highest BCUT2D eigenvalue weighted by Gasteiger charge is 2.47. The van der Waals surface area contributed by atoms with Crippen LogP contribution in [0.1, 0.15) is 38.7 Å². The average Bonchev–Trinajstić information content (AvgIpc) is 2.71. The van der Waals surface area contributed by atoms with Crippen molar-refractivity contribution in [3.8, 4) is 17.2 Å². The number of rotatable bonds is 1. The molecule has 0 spiro atoms. The molecule has 5 rings (SSSR count). The smallest absolute Gasteiger partial charge is 0.204 e. The Hall–Kier alpha value is -2.83. The van der Waals surface area contributed by atoms with Crippen LogP contribution in [-0.4, -0.2) is 39.6 Å². The van der Waals surface area contributed by atoms with E-state index in [0.717, 1.165) is 16.5 Å². The van der Waals surface area contributed by atoms with Gasteiger partial charge in [-0.2, -0.15) is 0 Å². The minimum Gasteiger partial charge on any atom is -0.504 e. The lowest BCUT2D eigenvalue weighted by Gasteiger charge is -2.44. The maximum Gasteiger partial charge on any atom is 0.204 e. The molecule has 3 atom stereocenters. The van der Waals surface area contributed by atoms with E-state index < -0.39 is 17.6 Å². The van der Waals surface area contributed by atoms with Gasteiger partial charge < -0.3 is 24.8 Å². The van der Waals surface area contributed by atoms with Crippen molar-refractivity contribution in [2.24, 2.45) is 5.41 Å². The molecule has 0 saturated heterocycles. The molecule has 2 aliphatic rings. The van der Waals surface area contributed by atoms with Crippen LogP contribution in [0.5, 0.6) is 17.2 Å². The molecule has 0 radical (unpaired) electrons. The summed E-state index contributed by atoms with van der Waals surface area (Å²) in [6.07, 6.45) is -1.47. The second kappa shape index (κ2) is 6.33. The molecule has 0 amide bonds. The molecule has 1 unspecified atom stereocenters. The molecule has 0 bridgehead atoms. The molecule has 2 heterocycles. The third kappa shape index (κ3) is 2.47. The van der Waals surface area contributed by atoms with Gasteiger partial charge in [0.1, 0.15) is 11.9 Å². The Kier molecular flexibility index (Phi) is 4.04. The standard InChI is InChI=1S/C24H25NO5/c1-11-16-15(10-24(2,3)23(28)20(16)27)30-21-17(11)18-13(19(26)22(21)29-4)9-12-7-5-6-8-14(12)25-18/h5-9,11,20,23,26-28H,10H2,1-4H3/t11?,20-,23-/m0/s1. The van der Waals surface area contributed by atoms with Gasteiger partial charge in [0.05, 0.1) is 24.2 Å². The molecule has 1 aromatic heterocycles. The average molecular weight is 407 g/mol. The minimum atomic E-state index is -1.04. The fourth-order valence-electron chi connectivity index (χ4n) is 4.91. The van der Waals surface area contributed by atoms with E-state index in [1.54, 1.807) is 0 Å². The lowest BCUT2D eigenvalue weighted by atomic mass is 9.69. The summed E-state index contributed by atoms with van der Waals surface area (Å²) < 4.78 is 11.8. The molecule has 6 nitrogen and oxygen atoms in total. The van der Waals surface area contributed by atoms with Gasteiger partial charge in [-0.15, -0.1) is 0 Å². The van der Waals surface area contributed by atoms with E-state index in [1.165, 1.54) is 7.11 Å². The third-order valence-electron chi connectivity index (χ3n) is 6.59. The number of ether oxygens (including phenoxy) is 2. The molecule has 156 valence electrons. The molecule has 1 aliphatic carbocycles. The third-order valence-corrected chi connectivity index (χ3v) is 6.59. The van der Waals surface area contributed by atoms with E-state index in [2.05, 4.69) is 0 Å². The number of phenolic OH excluding ortho intramolecular Hbond substituents is 1. The van der Waals surface area contributed by atoms with Crippen molar-refractivity contribution in [1.29, 1.82) is 0 Å². The second-order valence-corrected chi connectivity index (χ2v) is 8.96. The van der Waals surface area contributed by atoms with E-state index in [0.29, 0.717) is 34.4 Å². The molecule has 30 heavy (non-hydrogen) atoms. The Morgan fingerprint density at radius 2 is 1.93 bits per heavy atom. The predicted octanol–water partition coefficient (Wildman–Crippen LogP) is 4.00. The van der Waals surface area contributed by atoms with Gasteiger partial charge in [0.25, 0.3) is 0 Å². The largest absolute Gasteiger partial charge is 0.504 e. The number of phenols is 1. The van der Waals surface area contributed by atoms with Gasteiger partial charge >= 0.3 is 0 Å². The molecule has 6 heteroatoms. The summed E-state index contributed by atoms with van der Waals surface area (Å²) in [5.74, 6) is 1.02. The molecule has 3 aromatic rings. The summed E-state index contributed by atoms with van der Waals surface area (Å²) in [6, 6.07) is 9.59. The number of aromatic nitrogens is 1. The quantitative estimate of drug-likeness (QED) is 0.528. The normalized spacial score (nSPS) is 25.1. The van der Waals surface area contributed by atoms with Crippen LogP contribution in [0.3, 0.4) is 0 Å². The van der Waals surface area contributed by atoms with E-state index in [4.69, 9.17) is 14.5 Å². The van der Waals surface area contributed by atoms with Gasteiger partial charge in [-0.05, 0) is 12.1 Å². The van der Waals surface area contributed by atoms with Crippen molar-refractivity contribution in [2.45, 2.75) is 45.3 Å². The van der Waals surface area contributed by atoms with Gasteiger partial charge in [0, 0.05) is 39.7 Å². The van der Waals surface area contributed by atoms with Crippen LogP contribution in [0.25, 0.3) is 21.8 Å². The lowest BCUT2D eigenvalue weighted by Crippen LogP contribution is -2.47. The van der Waals surface area contributed by atoms with Crippen LogP contribution in [-0.2, 0) is 0 Å². The Labute approximate surface area is 174 Å². The number of benzene rings is 2. The summed E-state index contributed by atoms with van der Waals surface area (Å²) in [5, 5.41) is 34.1. The van der Waals surface area contributed by atoms with Crippen LogP contribution in [0.15, 0.2) is 41.7 Å². The topological polar surface area (TPSA) is 92.0 Å². The molecule has 2 aromatic carbocycles.